The van der Waals surface area contributed by atoms with E-state index in [1.54, 1.807) is 6.33 Å². The number of anilines is 1. The molecule has 2 aromatic heterocycles. The number of likely N-dealkylation sites (tertiary alicyclic amines) is 2. The molecule has 0 radical (unpaired) electrons. The minimum atomic E-state index is 0.321. The molecular weight excluding hydrogens is 512 g/mol. The second-order valence-electron chi connectivity index (χ2n) is 12.4. The summed E-state index contributed by atoms with van der Waals surface area (Å²) in [7, 11) is 0. The van der Waals surface area contributed by atoms with Crippen molar-refractivity contribution in [2.24, 2.45) is 11.8 Å². The average molecular weight is 551 g/mol. The van der Waals surface area contributed by atoms with E-state index in [4.69, 9.17) is 15.6 Å². The number of benzene rings is 2. The van der Waals surface area contributed by atoms with Crippen LogP contribution in [0.3, 0.4) is 0 Å². The zero-order chi connectivity index (χ0) is 27.3. The molecule has 9 heteroatoms. The van der Waals surface area contributed by atoms with Gasteiger partial charge in [0, 0.05) is 56.9 Å². The molecule has 2 aromatic carbocycles. The highest BCUT2D eigenvalue weighted by Gasteiger charge is 2.45. The SMILES string of the molecule is Nc1ncnc2c1c(-c1ccc(Oc3ccccc3)cc1)nn2C1CCC(N2CC3CN(C4CNC4)CC3C2)CC1. The largest absolute Gasteiger partial charge is 0.457 e. The van der Waals surface area contributed by atoms with E-state index < -0.39 is 0 Å². The van der Waals surface area contributed by atoms with E-state index in [-0.39, 0.29) is 0 Å². The predicted molar refractivity (Wildman–Crippen MR) is 160 cm³/mol. The number of nitrogens with zero attached hydrogens (tertiary/aromatic N) is 6. The third-order valence-corrected chi connectivity index (χ3v) is 9.97. The summed E-state index contributed by atoms with van der Waals surface area (Å²) in [6.45, 7) is 7.51. The fourth-order valence-electron chi connectivity index (χ4n) is 7.62. The number of ether oxygens (including phenoxy) is 1. The molecule has 4 aliphatic rings. The van der Waals surface area contributed by atoms with Gasteiger partial charge in [-0.1, -0.05) is 18.2 Å². The van der Waals surface area contributed by atoms with E-state index in [2.05, 4.69) is 29.8 Å². The molecule has 4 fully saturated rings. The van der Waals surface area contributed by atoms with Crippen LogP contribution >= 0.6 is 0 Å². The molecule has 1 aliphatic carbocycles. The number of aromatic nitrogens is 4. The van der Waals surface area contributed by atoms with Gasteiger partial charge in [-0.15, -0.1) is 0 Å². The van der Waals surface area contributed by atoms with E-state index in [0.717, 1.165) is 64.5 Å². The lowest BCUT2D eigenvalue weighted by atomic mass is 9.90. The smallest absolute Gasteiger partial charge is 0.164 e. The quantitative estimate of drug-likeness (QED) is 0.369. The van der Waals surface area contributed by atoms with E-state index in [1.165, 1.54) is 52.1 Å². The molecule has 2 unspecified atom stereocenters. The molecule has 4 aromatic rings. The van der Waals surface area contributed by atoms with Crippen molar-refractivity contribution in [2.75, 3.05) is 45.0 Å². The first-order valence-corrected chi connectivity index (χ1v) is 15.2. The number of hydrogen-bond donors (Lipinski definition) is 2. The topological polar surface area (TPSA) is 97.4 Å². The average Bonchev–Trinajstić information content (AvgIpc) is 3.66. The van der Waals surface area contributed by atoms with Crippen LogP contribution in [0.4, 0.5) is 5.82 Å². The molecule has 8 rings (SSSR count). The van der Waals surface area contributed by atoms with Crippen molar-refractivity contribution in [1.82, 2.24) is 34.9 Å². The Labute approximate surface area is 240 Å². The summed E-state index contributed by atoms with van der Waals surface area (Å²) in [6, 6.07) is 19.7. The third-order valence-electron chi connectivity index (χ3n) is 9.97. The maximum atomic E-state index is 6.42. The van der Waals surface area contributed by atoms with Crippen LogP contribution in [-0.2, 0) is 0 Å². The third kappa shape index (κ3) is 4.66. The number of nitrogens with two attached hydrogens (primary N) is 1. The minimum Gasteiger partial charge on any atom is -0.457 e. The normalized spacial score (nSPS) is 27.2. The summed E-state index contributed by atoms with van der Waals surface area (Å²) >= 11 is 0. The number of nitrogen functional groups attached to an aromatic ring is 1. The molecule has 1 saturated carbocycles. The van der Waals surface area contributed by atoms with Crippen LogP contribution in [0.2, 0.25) is 0 Å². The van der Waals surface area contributed by atoms with Crippen molar-refractivity contribution >= 4 is 16.9 Å². The van der Waals surface area contributed by atoms with Gasteiger partial charge >= 0.3 is 0 Å². The van der Waals surface area contributed by atoms with Crippen LogP contribution in [0.15, 0.2) is 60.9 Å². The number of nitrogens with one attached hydrogen (secondary N) is 1. The van der Waals surface area contributed by atoms with Crippen LogP contribution < -0.4 is 15.8 Å². The second-order valence-corrected chi connectivity index (χ2v) is 12.4. The van der Waals surface area contributed by atoms with Crippen LogP contribution in [-0.4, -0.2) is 80.9 Å². The Morgan fingerprint density at radius 3 is 2.02 bits per heavy atom. The molecule has 2 atom stereocenters. The molecule has 41 heavy (non-hydrogen) atoms. The van der Waals surface area contributed by atoms with Gasteiger partial charge in [-0.2, -0.15) is 5.10 Å². The van der Waals surface area contributed by atoms with Gasteiger partial charge in [0.15, 0.2) is 5.65 Å². The van der Waals surface area contributed by atoms with Crippen molar-refractivity contribution in [3.05, 3.63) is 60.9 Å². The Morgan fingerprint density at radius 1 is 0.732 bits per heavy atom. The van der Waals surface area contributed by atoms with Gasteiger partial charge in [-0.25, -0.2) is 14.6 Å². The zero-order valence-corrected chi connectivity index (χ0v) is 23.4. The fraction of sp³-hybridized carbons (Fsp3) is 0.469. The Bertz CT molecular complexity index is 1500. The lowest BCUT2D eigenvalue weighted by Crippen LogP contribution is -2.57. The highest BCUT2D eigenvalue weighted by Crippen LogP contribution is 2.40. The van der Waals surface area contributed by atoms with Crippen molar-refractivity contribution in [2.45, 2.75) is 43.8 Å². The van der Waals surface area contributed by atoms with Gasteiger partial charge in [0.05, 0.1) is 11.4 Å². The Kier molecular flexibility index (Phi) is 6.38. The van der Waals surface area contributed by atoms with Crippen LogP contribution in [0.5, 0.6) is 11.5 Å². The Morgan fingerprint density at radius 2 is 1.37 bits per heavy atom. The lowest BCUT2D eigenvalue weighted by molar-refractivity contribution is 0.125. The van der Waals surface area contributed by atoms with Crippen molar-refractivity contribution in [3.63, 3.8) is 0 Å². The summed E-state index contributed by atoms with van der Waals surface area (Å²) in [5.74, 6) is 3.79. The van der Waals surface area contributed by atoms with Crippen molar-refractivity contribution in [1.29, 1.82) is 0 Å². The maximum absolute atomic E-state index is 6.42. The van der Waals surface area contributed by atoms with Gasteiger partial charge in [0.2, 0.25) is 0 Å². The summed E-state index contributed by atoms with van der Waals surface area (Å²) < 4.78 is 8.13. The lowest BCUT2D eigenvalue weighted by Gasteiger charge is -2.38. The van der Waals surface area contributed by atoms with Crippen LogP contribution in [0, 0.1) is 11.8 Å². The molecule has 5 heterocycles. The van der Waals surface area contributed by atoms with E-state index in [1.807, 2.05) is 54.6 Å². The summed E-state index contributed by atoms with van der Waals surface area (Å²) in [6.07, 6.45) is 6.21. The Hall–Kier alpha value is -3.53. The van der Waals surface area contributed by atoms with Crippen molar-refractivity contribution < 1.29 is 4.74 Å². The first kappa shape index (κ1) is 25.2. The molecule has 0 bridgehead atoms. The Balaban J connectivity index is 0.969. The molecule has 3 N–H and O–H groups in total. The molecule has 3 saturated heterocycles. The van der Waals surface area contributed by atoms with E-state index in [9.17, 15) is 0 Å². The fourth-order valence-corrected chi connectivity index (χ4v) is 7.62. The first-order chi connectivity index (χ1) is 20.2. The van der Waals surface area contributed by atoms with Gasteiger partial charge in [-0.05, 0) is 73.9 Å². The highest BCUT2D eigenvalue weighted by molar-refractivity contribution is 5.98. The first-order valence-electron chi connectivity index (χ1n) is 15.2. The molecule has 9 nitrogen and oxygen atoms in total. The molecule has 0 spiro atoms. The number of rotatable bonds is 6. The number of hydrogen-bond acceptors (Lipinski definition) is 8. The summed E-state index contributed by atoms with van der Waals surface area (Å²) in [5.41, 5.74) is 9.08. The van der Waals surface area contributed by atoms with Gasteiger partial charge in [0.25, 0.3) is 0 Å². The number of fused-ring (bicyclic) bond motifs is 2. The summed E-state index contributed by atoms with van der Waals surface area (Å²) in [5, 5.41) is 9.41. The molecule has 0 amide bonds. The van der Waals surface area contributed by atoms with Crippen LogP contribution in [0.1, 0.15) is 31.7 Å². The van der Waals surface area contributed by atoms with Gasteiger partial charge in [-0.3, -0.25) is 9.80 Å². The zero-order valence-electron chi connectivity index (χ0n) is 23.4. The van der Waals surface area contributed by atoms with E-state index in [0.29, 0.717) is 17.9 Å². The van der Waals surface area contributed by atoms with Gasteiger partial charge < -0.3 is 15.8 Å². The minimum absolute atomic E-state index is 0.321. The molecular formula is C32H38N8O. The van der Waals surface area contributed by atoms with Gasteiger partial charge in [0.1, 0.15) is 29.3 Å². The molecule has 212 valence electrons. The van der Waals surface area contributed by atoms with E-state index >= 15 is 0 Å². The highest BCUT2D eigenvalue weighted by atomic mass is 16.5. The number of para-hydroxylation sites is 1. The second kappa shape index (κ2) is 10.4. The predicted octanol–water partition coefficient (Wildman–Crippen LogP) is 4.19. The van der Waals surface area contributed by atoms with Crippen molar-refractivity contribution in [3.8, 4) is 22.8 Å². The summed E-state index contributed by atoms with van der Waals surface area (Å²) in [4.78, 5) is 14.5. The maximum Gasteiger partial charge on any atom is 0.164 e. The monoisotopic (exact) mass is 550 g/mol. The molecule has 3 aliphatic heterocycles. The standard InChI is InChI=1S/C32H38N8O/c33-31-29-30(21-6-12-28(13-7-21)41-27-4-2-1-3-5-27)37-40(32(29)36-20-35-31)25-10-8-24(9-11-25)38-16-22-18-39(19-23(22)17-38)26-14-34-15-26/h1-7,12-13,20,22-26,34H,8-11,14-19H2,(H2,33,35,36). The van der Waals surface area contributed by atoms with Crippen LogP contribution in [0.25, 0.3) is 22.3 Å².